The zero-order valence-corrected chi connectivity index (χ0v) is 13.2. The first-order valence-electron chi connectivity index (χ1n) is 7.94. The smallest absolute Gasteiger partial charge is 0.270 e. The number of amides is 1. The van der Waals surface area contributed by atoms with E-state index in [1.165, 1.54) is 6.33 Å². The van der Waals surface area contributed by atoms with Crippen molar-refractivity contribution in [3.63, 3.8) is 0 Å². The van der Waals surface area contributed by atoms with Gasteiger partial charge < -0.3 is 15.4 Å². The molecule has 0 aliphatic carbocycles. The highest BCUT2D eigenvalue weighted by atomic mass is 16.5. The molecule has 2 N–H and O–H groups in total. The van der Waals surface area contributed by atoms with E-state index in [4.69, 9.17) is 4.74 Å². The van der Waals surface area contributed by atoms with Crippen molar-refractivity contribution in [1.82, 2.24) is 20.2 Å². The first kappa shape index (κ1) is 16.6. The number of ether oxygens (including phenoxy) is 1. The summed E-state index contributed by atoms with van der Waals surface area (Å²) in [5.74, 6) is 0.538. The highest BCUT2D eigenvalue weighted by Crippen LogP contribution is 2.04. The zero-order chi connectivity index (χ0) is 15.6. The SMILES string of the molecule is CCCCNc1cc(C(=O)NCCN2CCOCC2)ncn1. The molecular formula is C15H25N5O2. The van der Waals surface area contributed by atoms with Crippen molar-refractivity contribution in [3.05, 3.63) is 18.1 Å². The van der Waals surface area contributed by atoms with Crippen LogP contribution in [0.1, 0.15) is 30.3 Å². The lowest BCUT2D eigenvalue weighted by molar-refractivity contribution is 0.0383. The Kier molecular flexibility index (Phi) is 7.05. The Hall–Kier alpha value is -1.73. The molecule has 122 valence electrons. The molecule has 1 saturated heterocycles. The van der Waals surface area contributed by atoms with Gasteiger partial charge in [-0.1, -0.05) is 13.3 Å². The summed E-state index contributed by atoms with van der Waals surface area (Å²) in [4.78, 5) is 22.5. The van der Waals surface area contributed by atoms with E-state index in [1.807, 2.05) is 0 Å². The number of aromatic nitrogens is 2. The lowest BCUT2D eigenvalue weighted by Gasteiger charge is -2.26. The predicted molar refractivity (Wildman–Crippen MR) is 85.0 cm³/mol. The fourth-order valence-corrected chi connectivity index (χ4v) is 2.21. The molecule has 0 radical (unpaired) electrons. The number of nitrogens with one attached hydrogen (secondary N) is 2. The maximum atomic E-state index is 12.1. The Morgan fingerprint density at radius 2 is 2.14 bits per heavy atom. The summed E-state index contributed by atoms with van der Waals surface area (Å²) in [6.45, 7) is 7.83. The average Bonchev–Trinajstić information content (AvgIpc) is 2.56. The summed E-state index contributed by atoms with van der Waals surface area (Å²) in [7, 11) is 0. The third-order valence-corrected chi connectivity index (χ3v) is 3.55. The molecule has 0 unspecified atom stereocenters. The van der Waals surface area contributed by atoms with E-state index in [1.54, 1.807) is 6.07 Å². The maximum absolute atomic E-state index is 12.1. The van der Waals surface area contributed by atoms with E-state index in [-0.39, 0.29) is 5.91 Å². The molecule has 0 bridgehead atoms. The Bertz CT molecular complexity index is 463. The van der Waals surface area contributed by atoms with Gasteiger partial charge in [0, 0.05) is 38.8 Å². The predicted octanol–water partition coefficient (Wildman–Crippen LogP) is 0.751. The van der Waals surface area contributed by atoms with Crippen molar-refractivity contribution in [2.45, 2.75) is 19.8 Å². The second-order valence-electron chi connectivity index (χ2n) is 5.28. The molecular weight excluding hydrogens is 282 g/mol. The maximum Gasteiger partial charge on any atom is 0.270 e. The van der Waals surface area contributed by atoms with Gasteiger partial charge in [0.2, 0.25) is 0 Å². The molecule has 0 aromatic carbocycles. The lowest BCUT2D eigenvalue weighted by atomic mass is 10.3. The van der Waals surface area contributed by atoms with Crippen LogP contribution in [0.5, 0.6) is 0 Å². The van der Waals surface area contributed by atoms with E-state index in [0.29, 0.717) is 18.1 Å². The standard InChI is InChI=1S/C15H25N5O2/c1-2-3-4-16-14-11-13(18-12-19-14)15(21)17-5-6-20-7-9-22-10-8-20/h11-12H,2-10H2,1H3,(H,17,21)(H,16,18,19). The lowest BCUT2D eigenvalue weighted by Crippen LogP contribution is -2.41. The monoisotopic (exact) mass is 307 g/mol. The van der Waals surface area contributed by atoms with Gasteiger partial charge in [0.25, 0.3) is 5.91 Å². The number of carbonyl (C=O) groups excluding carboxylic acids is 1. The van der Waals surface area contributed by atoms with Crippen LogP contribution in [0.4, 0.5) is 5.82 Å². The van der Waals surface area contributed by atoms with Crippen LogP contribution in [0.15, 0.2) is 12.4 Å². The van der Waals surface area contributed by atoms with Gasteiger partial charge in [-0.2, -0.15) is 0 Å². The fourth-order valence-electron chi connectivity index (χ4n) is 2.21. The van der Waals surface area contributed by atoms with E-state index in [2.05, 4.69) is 32.4 Å². The van der Waals surface area contributed by atoms with Crippen LogP contribution < -0.4 is 10.6 Å². The first-order valence-corrected chi connectivity index (χ1v) is 7.94. The molecule has 1 aromatic rings. The number of nitrogens with zero attached hydrogens (tertiary/aromatic N) is 3. The summed E-state index contributed by atoms with van der Waals surface area (Å²) in [6.07, 6.45) is 3.61. The van der Waals surface area contributed by atoms with E-state index < -0.39 is 0 Å². The third-order valence-electron chi connectivity index (χ3n) is 3.55. The second kappa shape index (κ2) is 9.32. The number of carbonyl (C=O) groups is 1. The van der Waals surface area contributed by atoms with E-state index in [9.17, 15) is 4.79 Å². The second-order valence-corrected chi connectivity index (χ2v) is 5.28. The summed E-state index contributed by atoms with van der Waals surface area (Å²) < 4.78 is 5.30. The molecule has 1 aliphatic heterocycles. The minimum Gasteiger partial charge on any atom is -0.379 e. The molecule has 1 fully saturated rings. The van der Waals surface area contributed by atoms with Gasteiger partial charge >= 0.3 is 0 Å². The molecule has 0 atom stereocenters. The Balaban J connectivity index is 1.75. The topological polar surface area (TPSA) is 79.4 Å². The van der Waals surface area contributed by atoms with Crippen LogP contribution in [-0.2, 0) is 4.74 Å². The normalized spacial score (nSPS) is 15.5. The quantitative estimate of drug-likeness (QED) is 0.690. The van der Waals surface area contributed by atoms with E-state index >= 15 is 0 Å². The molecule has 0 saturated carbocycles. The Labute approximate surface area is 131 Å². The summed E-state index contributed by atoms with van der Waals surface area (Å²) in [5.41, 5.74) is 0.399. The summed E-state index contributed by atoms with van der Waals surface area (Å²) in [5, 5.41) is 6.10. The first-order chi connectivity index (χ1) is 10.8. The van der Waals surface area contributed by atoms with Crippen LogP contribution in [0, 0.1) is 0 Å². The van der Waals surface area contributed by atoms with Crippen molar-refractivity contribution < 1.29 is 9.53 Å². The van der Waals surface area contributed by atoms with Crippen LogP contribution >= 0.6 is 0 Å². The Morgan fingerprint density at radius 1 is 1.32 bits per heavy atom. The van der Waals surface area contributed by atoms with Gasteiger partial charge in [0.1, 0.15) is 17.8 Å². The largest absolute Gasteiger partial charge is 0.379 e. The van der Waals surface area contributed by atoms with Crippen molar-refractivity contribution in [3.8, 4) is 0 Å². The molecule has 1 aromatic heterocycles. The summed E-state index contributed by atoms with van der Waals surface area (Å²) >= 11 is 0. The highest BCUT2D eigenvalue weighted by Gasteiger charge is 2.12. The average molecular weight is 307 g/mol. The highest BCUT2D eigenvalue weighted by molar-refractivity contribution is 5.92. The van der Waals surface area contributed by atoms with Crippen molar-refractivity contribution in [1.29, 1.82) is 0 Å². The van der Waals surface area contributed by atoms with Crippen molar-refractivity contribution in [2.75, 3.05) is 51.3 Å². The van der Waals surface area contributed by atoms with Gasteiger partial charge in [0.05, 0.1) is 13.2 Å². The van der Waals surface area contributed by atoms with Gasteiger partial charge in [-0.15, -0.1) is 0 Å². The fraction of sp³-hybridized carbons (Fsp3) is 0.667. The molecule has 2 rings (SSSR count). The molecule has 7 heteroatoms. The van der Waals surface area contributed by atoms with Crippen LogP contribution in [-0.4, -0.2) is 66.7 Å². The minimum absolute atomic E-state index is 0.158. The number of morpholine rings is 1. The zero-order valence-electron chi connectivity index (χ0n) is 13.2. The van der Waals surface area contributed by atoms with Gasteiger partial charge in [-0.05, 0) is 6.42 Å². The third kappa shape index (κ3) is 5.57. The van der Waals surface area contributed by atoms with Crippen LogP contribution in [0.2, 0.25) is 0 Å². The van der Waals surface area contributed by atoms with E-state index in [0.717, 1.165) is 52.2 Å². The molecule has 1 aliphatic rings. The number of hydrogen-bond acceptors (Lipinski definition) is 6. The number of hydrogen-bond donors (Lipinski definition) is 2. The number of unbranched alkanes of at least 4 members (excludes halogenated alkanes) is 1. The molecule has 2 heterocycles. The van der Waals surface area contributed by atoms with Gasteiger partial charge in [-0.3, -0.25) is 9.69 Å². The van der Waals surface area contributed by atoms with Crippen LogP contribution in [0.25, 0.3) is 0 Å². The van der Waals surface area contributed by atoms with Crippen LogP contribution in [0.3, 0.4) is 0 Å². The molecule has 7 nitrogen and oxygen atoms in total. The van der Waals surface area contributed by atoms with Gasteiger partial charge in [-0.25, -0.2) is 9.97 Å². The number of anilines is 1. The van der Waals surface area contributed by atoms with Gasteiger partial charge in [0.15, 0.2) is 0 Å². The summed E-state index contributed by atoms with van der Waals surface area (Å²) in [6, 6.07) is 1.69. The molecule has 22 heavy (non-hydrogen) atoms. The van der Waals surface area contributed by atoms with Crippen molar-refractivity contribution in [2.24, 2.45) is 0 Å². The molecule has 0 spiro atoms. The van der Waals surface area contributed by atoms with Crippen molar-refractivity contribution >= 4 is 11.7 Å². The molecule has 1 amide bonds. The number of rotatable bonds is 8. The Morgan fingerprint density at radius 3 is 2.91 bits per heavy atom. The minimum atomic E-state index is -0.158.